The van der Waals surface area contributed by atoms with Crippen molar-refractivity contribution in [1.29, 1.82) is 0 Å². The minimum atomic E-state index is -4.72. The van der Waals surface area contributed by atoms with Crippen molar-refractivity contribution in [2.75, 3.05) is 7.05 Å². The van der Waals surface area contributed by atoms with Crippen molar-refractivity contribution >= 4 is 22.7 Å². The Balaban J connectivity index is 2.72. The molecule has 0 N–H and O–H groups in total. The molecule has 110 valence electrons. The Labute approximate surface area is 115 Å². The van der Waals surface area contributed by atoms with E-state index in [4.69, 9.17) is 16.2 Å². The number of fused-ring (bicyclic) bond motifs is 1. The van der Waals surface area contributed by atoms with E-state index in [2.05, 4.69) is 0 Å². The predicted molar refractivity (Wildman–Crippen MR) is 63.3 cm³/mol. The normalized spacial score (nSPS) is 14.2. The van der Waals surface area contributed by atoms with E-state index in [0.29, 0.717) is 10.5 Å². The molecule has 0 aliphatic carbocycles. The molecule has 0 radical (unpaired) electrons. The van der Waals surface area contributed by atoms with E-state index in [9.17, 15) is 22.0 Å². The van der Waals surface area contributed by atoms with Gasteiger partial charge in [0.1, 0.15) is 11.6 Å². The molecule has 0 bridgehead atoms. The van der Waals surface area contributed by atoms with Gasteiger partial charge in [0.15, 0.2) is 17.4 Å². The lowest BCUT2D eigenvalue weighted by Crippen LogP contribution is -2.30. The minimum Gasteiger partial charge on any atom is -0.456 e. The number of furan rings is 1. The number of halogens is 6. The highest BCUT2D eigenvalue weighted by atomic mass is 35.5. The average molecular weight is 314 g/mol. The molecule has 2 rings (SSSR count). The Morgan fingerprint density at radius 3 is 2.35 bits per heavy atom. The van der Waals surface area contributed by atoms with E-state index in [-0.39, 0.29) is 10.9 Å². The maximum absolute atomic E-state index is 13.5. The molecule has 0 aliphatic heterocycles. The van der Waals surface area contributed by atoms with Crippen molar-refractivity contribution in [2.24, 2.45) is 0 Å². The molecule has 1 aromatic carbocycles. The number of benzene rings is 1. The third-order valence-corrected chi connectivity index (χ3v) is 3.10. The highest BCUT2D eigenvalue weighted by Gasteiger charge is 2.46. The molecule has 1 aromatic heterocycles. The molecular weight excluding hydrogens is 305 g/mol. The molecule has 0 amide bonds. The van der Waals surface area contributed by atoms with Gasteiger partial charge in [-0.3, -0.25) is 0 Å². The van der Waals surface area contributed by atoms with Crippen LogP contribution < -0.4 is 0 Å². The Kier molecular flexibility index (Phi) is 3.68. The Morgan fingerprint density at radius 2 is 1.85 bits per heavy atom. The van der Waals surface area contributed by atoms with E-state index >= 15 is 0 Å². The van der Waals surface area contributed by atoms with Crippen LogP contribution in [0.3, 0.4) is 0 Å². The predicted octanol–water partition coefficient (Wildman–Crippen LogP) is 4.71. The lowest BCUT2D eigenvalue weighted by Gasteiger charge is -2.23. The van der Waals surface area contributed by atoms with Crippen LogP contribution in [0, 0.1) is 18.6 Å². The van der Waals surface area contributed by atoms with Crippen molar-refractivity contribution in [2.45, 2.75) is 19.1 Å². The first-order valence-electron chi connectivity index (χ1n) is 5.46. The lowest BCUT2D eigenvalue weighted by atomic mass is 10.1. The van der Waals surface area contributed by atoms with Gasteiger partial charge in [-0.05, 0) is 24.8 Å². The third kappa shape index (κ3) is 2.47. The largest absolute Gasteiger partial charge is 0.456 e. The van der Waals surface area contributed by atoms with Crippen LogP contribution in [0.4, 0.5) is 22.0 Å². The van der Waals surface area contributed by atoms with Crippen LogP contribution >= 0.6 is 11.8 Å². The van der Waals surface area contributed by atoms with Crippen molar-refractivity contribution in [3.8, 4) is 0 Å². The number of alkyl halides is 3. The van der Waals surface area contributed by atoms with Crippen LogP contribution in [0.5, 0.6) is 0 Å². The third-order valence-electron chi connectivity index (χ3n) is 2.91. The van der Waals surface area contributed by atoms with Gasteiger partial charge in [-0.1, -0.05) is 0 Å². The van der Waals surface area contributed by atoms with Crippen LogP contribution in [-0.2, 0) is 0 Å². The number of hydrogen-bond acceptors (Lipinski definition) is 2. The van der Waals surface area contributed by atoms with Gasteiger partial charge in [-0.2, -0.15) is 13.2 Å². The smallest absolute Gasteiger partial charge is 0.412 e. The number of rotatable bonds is 2. The molecule has 1 heterocycles. The first kappa shape index (κ1) is 15.1. The molecule has 0 spiro atoms. The maximum Gasteiger partial charge on any atom is 0.412 e. The quantitative estimate of drug-likeness (QED) is 0.590. The zero-order valence-corrected chi connectivity index (χ0v) is 11.1. The Bertz CT molecular complexity index is 649. The van der Waals surface area contributed by atoms with Gasteiger partial charge in [0.05, 0.1) is 0 Å². The van der Waals surface area contributed by atoms with Gasteiger partial charge in [-0.25, -0.2) is 13.2 Å². The highest BCUT2D eigenvalue weighted by Crippen LogP contribution is 2.42. The van der Waals surface area contributed by atoms with Gasteiger partial charge >= 0.3 is 6.18 Å². The van der Waals surface area contributed by atoms with Crippen molar-refractivity contribution < 1.29 is 26.4 Å². The number of hydrogen-bond donors (Lipinski definition) is 0. The van der Waals surface area contributed by atoms with Gasteiger partial charge in [0.25, 0.3) is 0 Å². The van der Waals surface area contributed by atoms with Gasteiger partial charge < -0.3 is 4.42 Å². The topological polar surface area (TPSA) is 16.4 Å². The summed E-state index contributed by atoms with van der Waals surface area (Å²) in [6.07, 6.45) is -4.72. The van der Waals surface area contributed by atoms with Crippen LogP contribution in [0.1, 0.15) is 17.4 Å². The summed E-state index contributed by atoms with van der Waals surface area (Å²) >= 11 is 5.42. The van der Waals surface area contributed by atoms with E-state index in [0.717, 1.165) is 13.1 Å². The molecular formula is C12H9ClF5NO. The highest BCUT2D eigenvalue weighted by molar-refractivity contribution is 6.13. The molecule has 20 heavy (non-hydrogen) atoms. The average Bonchev–Trinajstić information content (AvgIpc) is 2.55. The maximum atomic E-state index is 13.5. The lowest BCUT2D eigenvalue weighted by molar-refractivity contribution is -0.175. The van der Waals surface area contributed by atoms with Crippen molar-refractivity contribution in [3.63, 3.8) is 0 Å². The molecule has 0 saturated heterocycles. The summed E-state index contributed by atoms with van der Waals surface area (Å²) in [5, 5.41) is -0.0507. The fourth-order valence-corrected chi connectivity index (χ4v) is 2.23. The second-order valence-electron chi connectivity index (χ2n) is 4.32. The summed E-state index contributed by atoms with van der Waals surface area (Å²) in [6, 6.07) is -0.788. The Hall–Kier alpha value is -1.34. The fourth-order valence-electron chi connectivity index (χ4n) is 2.03. The first-order chi connectivity index (χ1) is 9.12. The summed E-state index contributed by atoms with van der Waals surface area (Å²) in [4.78, 5) is 0. The minimum absolute atomic E-state index is 0.00627. The van der Waals surface area contributed by atoms with Crippen LogP contribution in [0.2, 0.25) is 0 Å². The van der Waals surface area contributed by atoms with Crippen molar-refractivity contribution in [3.05, 3.63) is 35.1 Å². The monoisotopic (exact) mass is 313 g/mol. The molecule has 1 atom stereocenters. The molecule has 2 nitrogen and oxygen atoms in total. The molecule has 0 fully saturated rings. The molecule has 2 aromatic rings. The van der Waals surface area contributed by atoms with Gasteiger partial charge in [-0.15, -0.1) is 0 Å². The number of nitrogens with zero attached hydrogens (tertiary/aromatic N) is 1. The summed E-state index contributed by atoms with van der Waals surface area (Å²) in [7, 11) is 1.00. The molecule has 0 aliphatic rings. The van der Waals surface area contributed by atoms with Crippen LogP contribution in [0.25, 0.3) is 11.0 Å². The van der Waals surface area contributed by atoms with Crippen molar-refractivity contribution in [1.82, 2.24) is 4.42 Å². The molecule has 0 unspecified atom stereocenters. The summed E-state index contributed by atoms with van der Waals surface area (Å²) in [6.45, 7) is 1.29. The number of aryl methyl sites for hydroxylation is 1. The summed E-state index contributed by atoms with van der Waals surface area (Å²) in [5.41, 5.74) is -0.431. The molecule has 0 saturated carbocycles. The Morgan fingerprint density at radius 1 is 1.25 bits per heavy atom. The fraction of sp³-hybridized carbons (Fsp3) is 0.333. The summed E-state index contributed by atoms with van der Waals surface area (Å²) in [5.74, 6) is -2.52. The summed E-state index contributed by atoms with van der Waals surface area (Å²) < 4.78 is 71.0. The van der Waals surface area contributed by atoms with Gasteiger partial charge in [0.2, 0.25) is 0 Å². The van der Waals surface area contributed by atoms with Crippen LogP contribution in [0.15, 0.2) is 16.5 Å². The first-order valence-corrected chi connectivity index (χ1v) is 5.80. The zero-order valence-electron chi connectivity index (χ0n) is 10.4. The second-order valence-corrected chi connectivity index (χ2v) is 4.86. The zero-order chi connectivity index (χ0) is 15.2. The SMILES string of the molecule is Cc1c([C@@H](N(C)Cl)C(F)(F)F)oc2c(F)cc(F)cc12. The standard InChI is InChI=1S/C12H9ClF5NO/c1-5-7-3-6(14)4-8(15)10(7)20-9(5)11(19(2)13)12(16,17)18/h3-4,11H,1-2H3/t11-/m1/s1. The van der Waals surface area contributed by atoms with E-state index in [1.165, 1.54) is 6.92 Å². The van der Waals surface area contributed by atoms with Crippen LogP contribution in [-0.4, -0.2) is 17.6 Å². The van der Waals surface area contributed by atoms with E-state index < -0.39 is 35.2 Å². The van der Waals surface area contributed by atoms with E-state index in [1.807, 2.05) is 0 Å². The van der Waals surface area contributed by atoms with Gasteiger partial charge in [0, 0.05) is 24.1 Å². The van der Waals surface area contributed by atoms with E-state index in [1.54, 1.807) is 0 Å². The second kappa shape index (κ2) is 4.89. The molecule has 8 heteroatoms.